The van der Waals surface area contributed by atoms with Gasteiger partial charge in [0.05, 0.1) is 12.2 Å². The minimum absolute atomic E-state index is 0.212. The fraction of sp³-hybridized carbons (Fsp3) is 0.381. The van der Waals surface area contributed by atoms with Gasteiger partial charge >= 0.3 is 5.97 Å². The van der Waals surface area contributed by atoms with Crippen molar-refractivity contribution in [3.05, 3.63) is 53.1 Å². The Morgan fingerprint density at radius 2 is 1.79 bits per heavy atom. The van der Waals surface area contributed by atoms with Gasteiger partial charge in [0.15, 0.2) is 0 Å². The first kappa shape index (κ1) is 18.1. The third-order valence-corrected chi connectivity index (χ3v) is 4.40. The molecule has 2 rings (SSSR count). The van der Waals surface area contributed by atoms with Crippen LogP contribution < -0.4 is 4.74 Å². The highest BCUT2D eigenvalue weighted by Gasteiger charge is 2.16. The molecule has 24 heavy (non-hydrogen) atoms. The van der Waals surface area contributed by atoms with Crippen LogP contribution in [0.4, 0.5) is 0 Å². The van der Waals surface area contributed by atoms with E-state index in [4.69, 9.17) is 4.74 Å². The number of aromatic carboxylic acids is 1. The van der Waals surface area contributed by atoms with E-state index in [1.54, 1.807) is 6.07 Å². The molecule has 1 atom stereocenters. The molecule has 1 N–H and O–H groups in total. The van der Waals surface area contributed by atoms with Gasteiger partial charge in [-0.1, -0.05) is 39.0 Å². The van der Waals surface area contributed by atoms with Crippen molar-refractivity contribution in [3.8, 4) is 16.9 Å². The number of carbonyl (C=O) groups is 1. The summed E-state index contributed by atoms with van der Waals surface area (Å²) in [7, 11) is 0. The standard InChI is InChI=1S/C21H26O3/c1-5-11-24-20-10-8-16(12-15(20)4)17-7-9-18(21(22)23)19(13-17)14(3)6-2/h7-10,12-14H,5-6,11H2,1-4H3,(H,22,23). The SMILES string of the molecule is CCCOc1ccc(-c2ccc(C(=O)O)c(C(C)CC)c2)cc1C. The van der Waals surface area contributed by atoms with Crippen LogP contribution in [0, 0.1) is 6.92 Å². The van der Waals surface area contributed by atoms with Crippen molar-refractivity contribution in [2.45, 2.75) is 46.5 Å². The summed E-state index contributed by atoms with van der Waals surface area (Å²) in [6, 6.07) is 11.7. The average molecular weight is 326 g/mol. The van der Waals surface area contributed by atoms with Gasteiger partial charge < -0.3 is 9.84 Å². The summed E-state index contributed by atoms with van der Waals surface area (Å²) in [5.74, 6) is 0.255. The smallest absolute Gasteiger partial charge is 0.335 e. The molecular weight excluding hydrogens is 300 g/mol. The maximum absolute atomic E-state index is 11.5. The van der Waals surface area contributed by atoms with Crippen molar-refractivity contribution >= 4 is 5.97 Å². The number of hydrogen-bond acceptors (Lipinski definition) is 2. The molecular formula is C21H26O3. The van der Waals surface area contributed by atoms with Crippen LogP contribution in [-0.4, -0.2) is 17.7 Å². The van der Waals surface area contributed by atoms with E-state index in [9.17, 15) is 9.90 Å². The Hall–Kier alpha value is -2.29. The summed E-state index contributed by atoms with van der Waals surface area (Å²) >= 11 is 0. The Labute approximate surface area is 144 Å². The van der Waals surface area contributed by atoms with Gasteiger partial charge in [0, 0.05) is 0 Å². The molecule has 0 radical (unpaired) electrons. The Morgan fingerprint density at radius 3 is 2.38 bits per heavy atom. The Kier molecular flexibility index (Phi) is 6.02. The van der Waals surface area contributed by atoms with E-state index in [0.717, 1.165) is 40.8 Å². The van der Waals surface area contributed by atoms with E-state index in [-0.39, 0.29) is 5.92 Å². The Bertz CT molecular complexity index is 719. The molecule has 3 heteroatoms. The first-order valence-corrected chi connectivity index (χ1v) is 8.59. The van der Waals surface area contributed by atoms with E-state index < -0.39 is 5.97 Å². The highest BCUT2D eigenvalue weighted by atomic mass is 16.5. The lowest BCUT2D eigenvalue weighted by atomic mass is 9.90. The number of ether oxygens (including phenoxy) is 1. The average Bonchev–Trinajstić information content (AvgIpc) is 2.59. The molecule has 0 heterocycles. The van der Waals surface area contributed by atoms with Gasteiger partial charge in [0.2, 0.25) is 0 Å². The third-order valence-electron chi connectivity index (χ3n) is 4.40. The van der Waals surface area contributed by atoms with Crippen LogP contribution in [0.15, 0.2) is 36.4 Å². The minimum Gasteiger partial charge on any atom is -0.493 e. The second-order valence-corrected chi connectivity index (χ2v) is 6.25. The second-order valence-electron chi connectivity index (χ2n) is 6.25. The lowest BCUT2D eigenvalue weighted by Crippen LogP contribution is -2.05. The molecule has 0 fully saturated rings. The molecule has 0 amide bonds. The number of aryl methyl sites for hydroxylation is 1. The van der Waals surface area contributed by atoms with Crippen LogP contribution in [-0.2, 0) is 0 Å². The van der Waals surface area contributed by atoms with Gasteiger partial charge in [0.25, 0.3) is 0 Å². The summed E-state index contributed by atoms with van der Waals surface area (Å²) < 4.78 is 5.73. The van der Waals surface area contributed by atoms with Gasteiger partial charge in [0.1, 0.15) is 5.75 Å². The lowest BCUT2D eigenvalue weighted by Gasteiger charge is -2.15. The van der Waals surface area contributed by atoms with Crippen LogP contribution in [0.25, 0.3) is 11.1 Å². The van der Waals surface area contributed by atoms with Crippen molar-refractivity contribution in [2.75, 3.05) is 6.61 Å². The fourth-order valence-electron chi connectivity index (χ4n) is 2.77. The second kappa shape index (κ2) is 8.00. The number of hydrogen-bond donors (Lipinski definition) is 1. The predicted molar refractivity (Wildman–Crippen MR) is 98.1 cm³/mol. The molecule has 128 valence electrons. The molecule has 0 saturated heterocycles. The monoisotopic (exact) mass is 326 g/mol. The highest BCUT2D eigenvalue weighted by molar-refractivity contribution is 5.90. The van der Waals surface area contributed by atoms with Crippen molar-refractivity contribution in [1.82, 2.24) is 0 Å². The topological polar surface area (TPSA) is 46.5 Å². The summed E-state index contributed by atoms with van der Waals surface area (Å²) in [5.41, 5.74) is 4.51. The lowest BCUT2D eigenvalue weighted by molar-refractivity contribution is 0.0695. The molecule has 0 saturated carbocycles. The molecule has 3 nitrogen and oxygen atoms in total. The quantitative estimate of drug-likeness (QED) is 0.714. The molecule has 0 aliphatic carbocycles. The largest absolute Gasteiger partial charge is 0.493 e. The van der Waals surface area contributed by atoms with Crippen molar-refractivity contribution in [2.24, 2.45) is 0 Å². The van der Waals surface area contributed by atoms with E-state index >= 15 is 0 Å². The van der Waals surface area contributed by atoms with Gasteiger partial charge in [-0.05, 0) is 66.1 Å². The normalized spacial score (nSPS) is 12.0. The molecule has 2 aromatic carbocycles. The van der Waals surface area contributed by atoms with Gasteiger partial charge in [-0.25, -0.2) is 4.79 Å². The zero-order chi connectivity index (χ0) is 17.7. The third kappa shape index (κ3) is 3.97. The van der Waals surface area contributed by atoms with Crippen molar-refractivity contribution in [3.63, 3.8) is 0 Å². The molecule has 0 bridgehead atoms. The van der Waals surface area contributed by atoms with Crippen LogP contribution >= 0.6 is 0 Å². The van der Waals surface area contributed by atoms with E-state index in [0.29, 0.717) is 12.2 Å². The van der Waals surface area contributed by atoms with Crippen molar-refractivity contribution < 1.29 is 14.6 Å². The van der Waals surface area contributed by atoms with E-state index in [1.165, 1.54) is 0 Å². The van der Waals surface area contributed by atoms with E-state index in [2.05, 4.69) is 26.8 Å². The number of rotatable bonds is 7. The zero-order valence-electron chi connectivity index (χ0n) is 14.9. The predicted octanol–water partition coefficient (Wildman–Crippen LogP) is 5.66. The fourth-order valence-corrected chi connectivity index (χ4v) is 2.77. The van der Waals surface area contributed by atoms with Crippen LogP contribution in [0.1, 0.15) is 61.0 Å². The van der Waals surface area contributed by atoms with Gasteiger partial charge in [-0.2, -0.15) is 0 Å². The Balaban J connectivity index is 2.42. The van der Waals surface area contributed by atoms with Crippen molar-refractivity contribution in [1.29, 1.82) is 0 Å². The molecule has 1 unspecified atom stereocenters. The van der Waals surface area contributed by atoms with Crippen LogP contribution in [0.5, 0.6) is 5.75 Å². The molecule has 0 spiro atoms. The number of benzene rings is 2. The summed E-state index contributed by atoms with van der Waals surface area (Å²) in [5, 5.41) is 9.42. The van der Waals surface area contributed by atoms with Crippen LogP contribution in [0.2, 0.25) is 0 Å². The molecule has 0 aliphatic heterocycles. The van der Waals surface area contributed by atoms with E-state index in [1.807, 2.05) is 31.2 Å². The van der Waals surface area contributed by atoms with Gasteiger partial charge in [-0.15, -0.1) is 0 Å². The Morgan fingerprint density at radius 1 is 1.12 bits per heavy atom. The van der Waals surface area contributed by atoms with Gasteiger partial charge in [-0.3, -0.25) is 0 Å². The van der Waals surface area contributed by atoms with Crippen LogP contribution in [0.3, 0.4) is 0 Å². The highest BCUT2D eigenvalue weighted by Crippen LogP contribution is 2.31. The zero-order valence-corrected chi connectivity index (χ0v) is 14.9. The summed E-state index contributed by atoms with van der Waals surface area (Å²) in [6.07, 6.45) is 1.89. The number of carboxylic acid groups (broad SMARTS) is 1. The number of carboxylic acids is 1. The summed E-state index contributed by atoms with van der Waals surface area (Å²) in [6.45, 7) is 8.98. The first-order valence-electron chi connectivity index (χ1n) is 8.59. The molecule has 0 aliphatic rings. The summed E-state index contributed by atoms with van der Waals surface area (Å²) in [4.78, 5) is 11.5. The first-order chi connectivity index (χ1) is 11.5. The maximum atomic E-state index is 11.5. The maximum Gasteiger partial charge on any atom is 0.335 e. The minimum atomic E-state index is -0.864. The molecule has 2 aromatic rings. The molecule has 0 aromatic heterocycles.